The highest BCUT2D eigenvalue weighted by molar-refractivity contribution is 5.94. The summed E-state index contributed by atoms with van der Waals surface area (Å²) in [5.41, 5.74) is 0.664. The van der Waals surface area contributed by atoms with Crippen LogP contribution in [0, 0.1) is 0 Å². The summed E-state index contributed by atoms with van der Waals surface area (Å²) in [7, 11) is 0. The first kappa shape index (κ1) is 18.8. The topological polar surface area (TPSA) is 75.6 Å². The van der Waals surface area contributed by atoms with Crippen LogP contribution in [0.2, 0.25) is 0 Å². The Labute approximate surface area is 159 Å². The van der Waals surface area contributed by atoms with Crippen molar-refractivity contribution in [2.45, 2.75) is 19.8 Å². The van der Waals surface area contributed by atoms with Crippen LogP contribution in [0.5, 0.6) is 5.75 Å². The number of piperazine rings is 1. The molecule has 2 heterocycles. The summed E-state index contributed by atoms with van der Waals surface area (Å²) in [6.07, 6.45) is 4.59. The molecule has 27 heavy (non-hydrogen) atoms. The summed E-state index contributed by atoms with van der Waals surface area (Å²) < 4.78 is 5.65. The monoisotopic (exact) mass is 368 g/mol. The molecule has 0 unspecified atom stereocenters. The average Bonchev–Trinajstić information content (AvgIpc) is 2.72. The van der Waals surface area contributed by atoms with Crippen molar-refractivity contribution in [1.29, 1.82) is 0 Å². The van der Waals surface area contributed by atoms with Crippen LogP contribution in [0.25, 0.3) is 0 Å². The van der Waals surface area contributed by atoms with Gasteiger partial charge in [-0.15, -0.1) is 0 Å². The summed E-state index contributed by atoms with van der Waals surface area (Å²) in [6, 6.07) is 8.85. The van der Waals surface area contributed by atoms with Crippen LogP contribution in [0.3, 0.4) is 0 Å². The van der Waals surface area contributed by atoms with Crippen molar-refractivity contribution < 1.29 is 14.3 Å². The molecule has 1 aliphatic rings. The van der Waals surface area contributed by atoms with Crippen molar-refractivity contribution in [2.24, 2.45) is 0 Å². The highest BCUT2D eigenvalue weighted by Gasteiger charge is 2.21. The van der Waals surface area contributed by atoms with Crippen molar-refractivity contribution in [3.8, 4) is 5.75 Å². The maximum Gasteiger partial charge on any atom is 0.225 e. The number of ketones is 1. The molecule has 1 amide bonds. The van der Waals surface area contributed by atoms with Crippen LogP contribution >= 0.6 is 0 Å². The van der Waals surface area contributed by atoms with E-state index in [1.807, 2.05) is 4.90 Å². The molecule has 0 saturated carbocycles. The highest BCUT2D eigenvalue weighted by atomic mass is 16.5. The number of Topliss-reactive ketones (excluding diaryl/α,β-unsaturated/α-hetero) is 1. The first-order valence-electron chi connectivity index (χ1n) is 9.17. The van der Waals surface area contributed by atoms with Crippen LogP contribution in [0.15, 0.2) is 42.7 Å². The van der Waals surface area contributed by atoms with Gasteiger partial charge in [-0.05, 0) is 43.7 Å². The number of benzene rings is 1. The number of carbonyl (C=O) groups is 2. The molecule has 1 fully saturated rings. The molecule has 2 aromatic rings. The predicted molar refractivity (Wildman–Crippen MR) is 102 cm³/mol. The van der Waals surface area contributed by atoms with Gasteiger partial charge in [0.25, 0.3) is 0 Å². The summed E-state index contributed by atoms with van der Waals surface area (Å²) >= 11 is 0. The third-order valence-corrected chi connectivity index (χ3v) is 4.53. The maximum absolute atomic E-state index is 12.4. The number of nitrogens with zero attached hydrogens (tertiary/aromatic N) is 4. The summed E-state index contributed by atoms with van der Waals surface area (Å²) in [6.45, 7) is 4.87. The number of hydrogen-bond donors (Lipinski definition) is 0. The second kappa shape index (κ2) is 9.12. The molecule has 0 spiro atoms. The van der Waals surface area contributed by atoms with Crippen molar-refractivity contribution in [3.63, 3.8) is 0 Å². The Kier molecular flexibility index (Phi) is 6.35. The molecule has 3 rings (SSSR count). The molecule has 1 aromatic carbocycles. The Morgan fingerprint density at radius 1 is 1.04 bits per heavy atom. The van der Waals surface area contributed by atoms with Crippen LogP contribution in [0.1, 0.15) is 30.1 Å². The molecular formula is C20H24N4O3. The zero-order valence-corrected chi connectivity index (χ0v) is 15.5. The Morgan fingerprint density at radius 2 is 1.70 bits per heavy atom. The van der Waals surface area contributed by atoms with E-state index in [9.17, 15) is 9.59 Å². The third kappa shape index (κ3) is 5.26. The first-order valence-corrected chi connectivity index (χ1v) is 9.17. The van der Waals surface area contributed by atoms with E-state index in [1.165, 1.54) is 6.92 Å². The average molecular weight is 368 g/mol. The molecule has 7 nitrogen and oxygen atoms in total. The lowest BCUT2D eigenvalue weighted by atomic mass is 10.1. The molecule has 142 valence electrons. The van der Waals surface area contributed by atoms with E-state index in [1.54, 1.807) is 42.7 Å². The van der Waals surface area contributed by atoms with Gasteiger partial charge in [0, 0.05) is 50.6 Å². The molecule has 0 N–H and O–H groups in total. The van der Waals surface area contributed by atoms with Crippen molar-refractivity contribution >= 4 is 17.6 Å². The molecular weight excluding hydrogens is 344 g/mol. The molecule has 0 radical (unpaired) electrons. The summed E-state index contributed by atoms with van der Waals surface area (Å²) in [4.78, 5) is 36.1. The maximum atomic E-state index is 12.4. The minimum absolute atomic E-state index is 0.0334. The van der Waals surface area contributed by atoms with E-state index in [4.69, 9.17) is 4.74 Å². The van der Waals surface area contributed by atoms with Gasteiger partial charge in [-0.2, -0.15) is 0 Å². The van der Waals surface area contributed by atoms with Crippen LogP contribution in [-0.4, -0.2) is 59.3 Å². The Morgan fingerprint density at radius 3 is 2.33 bits per heavy atom. The number of aromatic nitrogens is 2. The van der Waals surface area contributed by atoms with E-state index in [2.05, 4.69) is 14.9 Å². The molecule has 0 aliphatic carbocycles. The number of rotatable bonds is 7. The van der Waals surface area contributed by atoms with E-state index in [-0.39, 0.29) is 11.7 Å². The third-order valence-electron chi connectivity index (χ3n) is 4.53. The zero-order valence-electron chi connectivity index (χ0n) is 15.5. The minimum Gasteiger partial charge on any atom is -0.494 e. The fourth-order valence-corrected chi connectivity index (χ4v) is 2.97. The fourth-order valence-electron chi connectivity index (χ4n) is 2.97. The Hall–Kier alpha value is -2.96. The molecule has 0 atom stereocenters. The van der Waals surface area contributed by atoms with Gasteiger partial charge in [0.15, 0.2) is 5.78 Å². The van der Waals surface area contributed by atoms with E-state index < -0.39 is 0 Å². The number of amides is 1. The van der Waals surface area contributed by atoms with Crippen LogP contribution in [-0.2, 0) is 4.79 Å². The van der Waals surface area contributed by atoms with Crippen LogP contribution in [0.4, 0.5) is 5.95 Å². The SMILES string of the molecule is CC(=O)c1ccc(OCCCC(=O)N2CCN(c3ncccn3)CC2)cc1. The number of ether oxygens (including phenoxy) is 1. The quantitative estimate of drug-likeness (QED) is 0.551. The largest absolute Gasteiger partial charge is 0.494 e. The molecule has 1 aliphatic heterocycles. The molecule has 1 saturated heterocycles. The number of hydrogen-bond acceptors (Lipinski definition) is 6. The van der Waals surface area contributed by atoms with Crippen molar-refractivity contribution in [1.82, 2.24) is 14.9 Å². The number of carbonyl (C=O) groups excluding carboxylic acids is 2. The minimum atomic E-state index is 0.0334. The van der Waals surface area contributed by atoms with E-state index >= 15 is 0 Å². The number of anilines is 1. The van der Waals surface area contributed by atoms with Crippen molar-refractivity contribution in [2.75, 3.05) is 37.7 Å². The lowest BCUT2D eigenvalue weighted by Crippen LogP contribution is -2.49. The molecule has 1 aromatic heterocycles. The van der Waals surface area contributed by atoms with Gasteiger partial charge in [-0.3, -0.25) is 9.59 Å². The van der Waals surface area contributed by atoms with Gasteiger partial charge >= 0.3 is 0 Å². The summed E-state index contributed by atoms with van der Waals surface area (Å²) in [5, 5.41) is 0. The van der Waals surface area contributed by atoms with Gasteiger partial charge in [0.05, 0.1) is 6.61 Å². The first-order chi connectivity index (χ1) is 13.1. The van der Waals surface area contributed by atoms with Gasteiger partial charge < -0.3 is 14.5 Å². The molecule has 0 bridgehead atoms. The van der Waals surface area contributed by atoms with Gasteiger partial charge in [-0.1, -0.05) is 0 Å². The van der Waals surface area contributed by atoms with Gasteiger partial charge in [-0.25, -0.2) is 9.97 Å². The predicted octanol–water partition coefficient (Wildman–Crippen LogP) is 2.19. The smallest absolute Gasteiger partial charge is 0.225 e. The standard InChI is InChI=1S/C20H24N4O3/c1-16(25)17-5-7-18(8-6-17)27-15-2-4-19(26)23-11-13-24(14-12-23)20-21-9-3-10-22-20/h3,5-10H,2,4,11-15H2,1H3. The normalized spacial score (nSPS) is 14.1. The Bertz CT molecular complexity index is 757. The van der Waals surface area contributed by atoms with E-state index in [0.29, 0.717) is 49.8 Å². The van der Waals surface area contributed by atoms with Gasteiger partial charge in [0.1, 0.15) is 5.75 Å². The molecule has 7 heteroatoms. The second-order valence-corrected chi connectivity index (χ2v) is 6.45. The van der Waals surface area contributed by atoms with Crippen LogP contribution < -0.4 is 9.64 Å². The van der Waals surface area contributed by atoms with Gasteiger partial charge in [0.2, 0.25) is 11.9 Å². The second-order valence-electron chi connectivity index (χ2n) is 6.45. The lowest BCUT2D eigenvalue weighted by molar-refractivity contribution is -0.131. The van der Waals surface area contributed by atoms with Crippen molar-refractivity contribution in [3.05, 3.63) is 48.3 Å². The summed E-state index contributed by atoms with van der Waals surface area (Å²) in [5.74, 6) is 1.61. The Balaban J connectivity index is 1.36. The fraction of sp³-hybridized carbons (Fsp3) is 0.400. The highest BCUT2D eigenvalue weighted by Crippen LogP contribution is 2.14. The lowest BCUT2D eigenvalue weighted by Gasteiger charge is -2.34. The zero-order chi connectivity index (χ0) is 19.1. The van der Waals surface area contributed by atoms with E-state index in [0.717, 1.165) is 13.1 Å².